The highest BCUT2D eigenvalue weighted by Crippen LogP contribution is 2.13. The van der Waals surface area contributed by atoms with E-state index in [1.165, 1.54) is 19.3 Å². The van der Waals surface area contributed by atoms with Gasteiger partial charge < -0.3 is 10.4 Å². The monoisotopic (exact) mass is 229 g/mol. The maximum Gasteiger partial charge on any atom is 0.0575 e. The van der Waals surface area contributed by atoms with Gasteiger partial charge in [-0.1, -0.05) is 41.0 Å². The van der Waals surface area contributed by atoms with Crippen LogP contribution in [0.4, 0.5) is 0 Å². The molecule has 0 fully saturated rings. The van der Waals surface area contributed by atoms with Crippen molar-refractivity contribution >= 4 is 0 Å². The third kappa shape index (κ3) is 6.49. The first-order valence-electron chi connectivity index (χ1n) is 6.94. The van der Waals surface area contributed by atoms with Crippen LogP contribution in [0.15, 0.2) is 0 Å². The molecule has 0 saturated heterocycles. The summed E-state index contributed by atoms with van der Waals surface area (Å²) < 4.78 is 0. The molecule has 0 radical (unpaired) electrons. The second-order valence-corrected chi connectivity index (χ2v) is 5.33. The fourth-order valence-corrected chi connectivity index (χ4v) is 2.15. The van der Waals surface area contributed by atoms with E-state index in [1.54, 1.807) is 0 Å². The van der Waals surface area contributed by atoms with Crippen LogP contribution >= 0.6 is 0 Å². The zero-order valence-corrected chi connectivity index (χ0v) is 11.8. The van der Waals surface area contributed by atoms with Crippen molar-refractivity contribution in [2.24, 2.45) is 11.8 Å². The SMILES string of the molecule is CCCC(C)C(CC)NCCC(O)C(C)C. The molecule has 2 N–H and O–H groups in total. The van der Waals surface area contributed by atoms with Crippen molar-refractivity contribution in [2.45, 2.75) is 72.4 Å². The summed E-state index contributed by atoms with van der Waals surface area (Å²) in [6.45, 7) is 11.9. The van der Waals surface area contributed by atoms with Crippen LogP contribution in [0.25, 0.3) is 0 Å². The highest BCUT2D eigenvalue weighted by Gasteiger charge is 2.15. The molecular formula is C14H31NO. The first-order valence-corrected chi connectivity index (χ1v) is 6.94. The molecule has 2 heteroatoms. The topological polar surface area (TPSA) is 32.3 Å². The van der Waals surface area contributed by atoms with E-state index in [0.29, 0.717) is 12.0 Å². The molecule has 0 aromatic carbocycles. The molecule has 0 heterocycles. The molecule has 0 aliphatic heterocycles. The van der Waals surface area contributed by atoms with Gasteiger partial charge in [-0.3, -0.25) is 0 Å². The zero-order chi connectivity index (χ0) is 12.6. The fraction of sp³-hybridized carbons (Fsp3) is 1.00. The van der Waals surface area contributed by atoms with Crippen LogP contribution in [0.1, 0.15) is 60.3 Å². The predicted octanol–water partition coefficient (Wildman–Crippen LogP) is 3.20. The number of rotatable bonds is 9. The van der Waals surface area contributed by atoms with Crippen LogP contribution in [0, 0.1) is 11.8 Å². The molecule has 3 unspecified atom stereocenters. The molecule has 98 valence electrons. The molecule has 0 bridgehead atoms. The fourth-order valence-electron chi connectivity index (χ4n) is 2.15. The van der Waals surface area contributed by atoms with Crippen LogP contribution in [0.5, 0.6) is 0 Å². The smallest absolute Gasteiger partial charge is 0.0575 e. The van der Waals surface area contributed by atoms with Crippen molar-refractivity contribution in [3.63, 3.8) is 0 Å². The second-order valence-electron chi connectivity index (χ2n) is 5.33. The Balaban J connectivity index is 3.78. The van der Waals surface area contributed by atoms with Gasteiger partial charge in [0.15, 0.2) is 0 Å². The summed E-state index contributed by atoms with van der Waals surface area (Å²) >= 11 is 0. The van der Waals surface area contributed by atoms with Crippen molar-refractivity contribution in [3.8, 4) is 0 Å². The Hall–Kier alpha value is -0.0800. The van der Waals surface area contributed by atoms with Gasteiger partial charge in [-0.25, -0.2) is 0 Å². The molecule has 0 aromatic heterocycles. The van der Waals surface area contributed by atoms with E-state index in [9.17, 15) is 5.11 Å². The lowest BCUT2D eigenvalue weighted by atomic mass is 9.94. The van der Waals surface area contributed by atoms with E-state index < -0.39 is 0 Å². The molecule has 16 heavy (non-hydrogen) atoms. The molecule has 0 amide bonds. The zero-order valence-electron chi connectivity index (χ0n) is 11.8. The lowest BCUT2D eigenvalue weighted by molar-refractivity contribution is 0.114. The lowest BCUT2D eigenvalue weighted by Gasteiger charge is -2.25. The summed E-state index contributed by atoms with van der Waals surface area (Å²) in [7, 11) is 0. The number of hydrogen-bond donors (Lipinski definition) is 2. The Labute approximate surface area is 102 Å². The molecule has 0 spiro atoms. The Morgan fingerprint density at radius 3 is 2.12 bits per heavy atom. The number of nitrogens with one attached hydrogen (secondary N) is 1. The van der Waals surface area contributed by atoms with E-state index in [0.717, 1.165) is 18.9 Å². The van der Waals surface area contributed by atoms with E-state index in [-0.39, 0.29) is 6.10 Å². The number of hydrogen-bond acceptors (Lipinski definition) is 2. The Bertz CT molecular complexity index is 159. The largest absolute Gasteiger partial charge is 0.393 e. The van der Waals surface area contributed by atoms with Gasteiger partial charge in [0.25, 0.3) is 0 Å². The van der Waals surface area contributed by atoms with E-state index in [4.69, 9.17) is 0 Å². The summed E-state index contributed by atoms with van der Waals surface area (Å²) in [5.74, 6) is 1.11. The highest BCUT2D eigenvalue weighted by molar-refractivity contribution is 4.72. The predicted molar refractivity (Wildman–Crippen MR) is 71.6 cm³/mol. The molecular weight excluding hydrogens is 198 g/mol. The average molecular weight is 229 g/mol. The summed E-state index contributed by atoms with van der Waals surface area (Å²) in [4.78, 5) is 0. The van der Waals surface area contributed by atoms with Crippen molar-refractivity contribution in [1.29, 1.82) is 0 Å². The van der Waals surface area contributed by atoms with Crippen LogP contribution in [0.2, 0.25) is 0 Å². The van der Waals surface area contributed by atoms with Crippen molar-refractivity contribution in [1.82, 2.24) is 5.32 Å². The first kappa shape index (κ1) is 15.9. The van der Waals surface area contributed by atoms with Gasteiger partial charge in [0.2, 0.25) is 0 Å². The summed E-state index contributed by atoms with van der Waals surface area (Å²) in [5, 5.41) is 13.3. The standard InChI is InChI=1S/C14H31NO/c1-6-8-12(5)13(7-2)15-10-9-14(16)11(3)4/h11-16H,6-10H2,1-5H3. The molecule has 2 nitrogen and oxygen atoms in total. The Kier molecular flexibility index (Phi) is 8.96. The van der Waals surface area contributed by atoms with E-state index >= 15 is 0 Å². The third-order valence-electron chi connectivity index (χ3n) is 3.49. The normalized spacial score (nSPS) is 17.4. The van der Waals surface area contributed by atoms with Crippen LogP contribution in [-0.4, -0.2) is 23.8 Å². The Morgan fingerprint density at radius 1 is 1.06 bits per heavy atom. The first-order chi connectivity index (χ1) is 7.52. The van der Waals surface area contributed by atoms with E-state index in [2.05, 4.69) is 39.9 Å². The third-order valence-corrected chi connectivity index (χ3v) is 3.49. The van der Waals surface area contributed by atoms with Gasteiger partial charge in [-0.2, -0.15) is 0 Å². The van der Waals surface area contributed by atoms with Gasteiger partial charge >= 0.3 is 0 Å². The number of aliphatic hydroxyl groups is 1. The summed E-state index contributed by atoms with van der Waals surface area (Å²) in [5.41, 5.74) is 0. The minimum atomic E-state index is -0.161. The highest BCUT2D eigenvalue weighted by atomic mass is 16.3. The summed E-state index contributed by atoms with van der Waals surface area (Å²) in [6.07, 6.45) is 4.43. The van der Waals surface area contributed by atoms with Crippen LogP contribution in [0.3, 0.4) is 0 Å². The van der Waals surface area contributed by atoms with Gasteiger partial charge in [0, 0.05) is 6.04 Å². The van der Waals surface area contributed by atoms with Crippen molar-refractivity contribution in [2.75, 3.05) is 6.54 Å². The van der Waals surface area contributed by atoms with Crippen molar-refractivity contribution < 1.29 is 5.11 Å². The maximum absolute atomic E-state index is 9.71. The Morgan fingerprint density at radius 2 is 1.69 bits per heavy atom. The van der Waals surface area contributed by atoms with E-state index in [1.807, 2.05) is 0 Å². The maximum atomic E-state index is 9.71. The van der Waals surface area contributed by atoms with Gasteiger partial charge in [-0.15, -0.1) is 0 Å². The molecule has 0 aromatic rings. The number of aliphatic hydroxyl groups excluding tert-OH is 1. The molecule has 0 saturated carbocycles. The van der Waals surface area contributed by atoms with Gasteiger partial charge in [0.05, 0.1) is 6.10 Å². The van der Waals surface area contributed by atoms with Gasteiger partial charge in [0.1, 0.15) is 0 Å². The van der Waals surface area contributed by atoms with Gasteiger partial charge in [-0.05, 0) is 37.6 Å². The molecule has 0 aliphatic rings. The van der Waals surface area contributed by atoms with Crippen LogP contribution < -0.4 is 5.32 Å². The average Bonchev–Trinajstić information content (AvgIpc) is 2.24. The van der Waals surface area contributed by atoms with Crippen molar-refractivity contribution in [3.05, 3.63) is 0 Å². The molecule has 0 aliphatic carbocycles. The quantitative estimate of drug-likeness (QED) is 0.636. The second kappa shape index (κ2) is 9.00. The molecule has 3 atom stereocenters. The molecule has 0 rings (SSSR count). The summed E-state index contributed by atoms with van der Waals surface area (Å²) in [6, 6.07) is 0.610. The lowest BCUT2D eigenvalue weighted by Crippen LogP contribution is -2.36. The minimum Gasteiger partial charge on any atom is -0.393 e. The minimum absolute atomic E-state index is 0.161. The van der Waals surface area contributed by atoms with Crippen LogP contribution in [-0.2, 0) is 0 Å².